The molecule has 0 saturated heterocycles. The summed E-state index contributed by atoms with van der Waals surface area (Å²) >= 11 is 6.21. The van der Waals surface area contributed by atoms with E-state index >= 15 is 0 Å². The van der Waals surface area contributed by atoms with Gasteiger partial charge in [-0.05, 0) is 30.3 Å². The summed E-state index contributed by atoms with van der Waals surface area (Å²) in [5.74, 6) is -2.12. The predicted molar refractivity (Wildman–Crippen MR) is 153 cm³/mol. The van der Waals surface area contributed by atoms with Crippen molar-refractivity contribution in [2.45, 2.75) is 12.1 Å². The SMILES string of the molecule is CN(Cc1cn(-c2ccccc2)nc1-c1ccccc1)C(=O)N(C)[C@@]1(C=O)C(=O)N(CC(=O)O)c2ccc(Cl)cc21. The number of amides is 3. The number of urea groups is 1. The molecule has 0 saturated carbocycles. The van der Waals surface area contributed by atoms with E-state index in [1.807, 2.05) is 66.9 Å². The fourth-order valence-electron chi connectivity index (χ4n) is 5.10. The highest BCUT2D eigenvalue weighted by atomic mass is 35.5. The number of aldehydes is 1. The van der Waals surface area contributed by atoms with Gasteiger partial charge in [-0.3, -0.25) is 19.3 Å². The Labute approximate surface area is 241 Å². The average Bonchev–Trinajstić information content (AvgIpc) is 3.49. The summed E-state index contributed by atoms with van der Waals surface area (Å²) in [6, 6.07) is 22.8. The van der Waals surface area contributed by atoms with E-state index in [0.717, 1.165) is 26.6 Å². The third-order valence-corrected chi connectivity index (χ3v) is 7.34. The van der Waals surface area contributed by atoms with Crippen molar-refractivity contribution in [2.75, 3.05) is 25.5 Å². The van der Waals surface area contributed by atoms with Crippen LogP contribution in [-0.4, -0.2) is 69.5 Å². The fourth-order valence-corrected chi connectivity index (χ4v) is 5.27. The number of halogens is 1. The molecule has 0 fully saturated rings. The van der Waals surface area contributed by atoms with E-state index in [2.05, 4.69) is 0 Å². The van der Waals surface area contributed by atoms with E-state index < -0.39 is 30.0 Å². The standard InChI is InChI=1S/C30H26ClN5O5/c1-33(16-21-17-36(23-11-7-4-8-12-23)32-27(21)20-9-5-3-6-10-20)29(41)34(2)30(19-37)24-15-22(31)13-14-25(24)35(28(30)40)18-26(38)39/h3-15,17,19H,16,18H2,1-2H3,(H,38,39)/t30-/m1/s1. The van der Waals surface area contributed by atoms with Crippen LogP contribution < -0.4 is 4.90 Å². The van der Waals surface area contributed by atoms with Crippen LogP contribution in [0.5, 0.6) is 0 Å². The number of rotatable bonds is 8. The van der Waals surface area contributed by atoms with Gasteiger partial charge in [0.25, 0.3) is 5.91 Å². The van der Waals surface area contributed by atoms with Gasteiger partial charge in [0.15, 0.2) is 6.29 Å². The molecule has 2 heterocycles. The van der Waals surface area contributed by atoms with E-state index in [1.165, 1.54) is 30.1 Å². The second kappa shape index (κ2) is 10.9. The van der Waals surface area contributed by atoms with Gasteiger partial charge in [-0.2, -0.15) is 5.10 Å². The number of fused-ring (bicyclic) bond motifs is 1. The van der Waals surface area contributed by atoms with Gasteiger partial charge in [-0.15, -0.1) is 0 Å². The number of hydrogen-bond donors (Lipinski definition) is 1. The number of carboxylic acids is 1. The van der Waals surface area contributed by atoms with Crippen LogP contribution in [0.2, 0.25) is 5.02 Å². The lowest BCUT2D eigenvalue weighted by atomic mass is 9.91. The largest absolute Gasteiger partial charge is 0.480 e. The Hall–Kier alpha value is -4.96. The fraction of sp³-hybridized carbons (Fsp3) is 0.167. The van der Waals surface area contributed by atoms with E-state index in [0.29, 0.717) is 12.0 Å². The van der Waals surface area contributed by atoms with E-state index in [-0.39, 0.29) is 22.8 Å². The van der Waals surface area contributed by atoms with Gasteiger partial charge in [-0.25, -0.2) is 9.48 Å². The number of carbonyl (C=O) groups excluding carboxylic acids is 3. The van der Waals surface area contributed by atoms with Crippen molar-refractivity contribution < 1.29 is 24.3 Å². The normalized spacial score (nSPS) is 15.9. The van der Waals surface area contributed by atoms with Crippen molar-refractivity contribution in [3.05, 3.63) is 101 Å². The van der Waals surface area contributed by atoms with Gasteiger partial charge in [0, 0.05) is 42.0 Å². The minimum atomic E-state index is -2.10. The first kappa shape index (κ1) is 27.6. The molecule has 208 valence electrons. The third kappa shape index (κ3) is 4.82. The van der Waals surface area contributed by atoms with Gasteiger partial charge in [0.05, 0.1) is 23.6 Å². The van der Waals surface area contributed by atoms with Crippen LogP contribution in [0.3, 0.4) is 0 Å². The molecule has 0 radical (unpaired) electrons. The molecule has 1 aliphatic heterocycles. The van der Waals surface area contributed by atoms with Crippen LogP contribution in [0.15, 0.2) is 85.1 Å². The zero-order chi connectivity index (χ0) is 29.3. The summed E-state index contributed by atoms with van der Waals surface area (Å²) in [5, 5.41) is 14.4. The van der Waals surface area contributed by atoms with Crippen molar-refractivity contribution in [3.63, 3.8) is 0 Å². The molecular formula is C30H26ClN5O5. The van der Waals surface area contributed by atoms with Crippen molar-refractivity contribution in [1.82, 2.24) is 19.6 Å². The third-order valence-electron chi connectivity index (χ3n) is 7.10. The Morgan fingerprint density at radius 3 is 2.32 bits per heavy atom. The topological polar surface area (TPSA) is 116 Å². The van der Waals surface area contributed by atoms with E-state index in [1.54, 1.807) is 11.7 Å². The number of aliphatic carboxylic acids is 1. The molecule has 0 aliphatic carbocycles. The number of likely N-dealkylation sites (N-methyl/N-ethyl adjacent to an activating group) is 1. The maximum atomic E-state index is 13.8. The molecule has 3 aromatic carbocycles. The van der Waals surface area contributed by atoms with Crippen LogP contribution in [0, 0.1) is 0 Å². The number of para-hydroxylation sites is 1. The van der Waals surface area contributed by atoms with Crippen molar-refractivity contribution >= 4 is 41.5 Å². The average molecular weight is 572 g/mol. The van der Waals surface area contributed by atoms with Crippen LogP contribution in [0.1, 0.15) is 11.1 Å². The molecule has 41 heavy (non-hydrogen) atoms. The van der Waals surface area contributed by atoms with Gasteiger partial charge >= 0.3 is 12.0 Å². The molecule has 1 N–H and O–H groups in total. The zero-order valence-electron chi connectivity index (χ0n) is 22.3. The molecule has 0 spiro atoms. The Morgan fingerprint density at radius 2 is 1.68 bits per heavy atom. The quantitative estimate of drug-likeness (QED) is 0.250. The molecule has 1 aromatic heterocycles. The van der Waals surface area contributed by atoms with Gasteiger partial charge in [0.1, 0.15) is 6.54 Å². The van der Waals surface area contributed by atoms with Crippen LogP contribution in [0.25, 0.3) is 16.9 Å². The van der Waals surface area contributed by atoms with Crippen LogP contribution in [-0.2, 0) is 26.5 Å². The molecule has 1 aliphatic rings. The van der Waals surface area contributed by atoms with Gasteiger partial charge < -0.3 is 14.9 Å². The molecule has 5 rings (SSSR count). The lowest BCUT2D eigenvalue weighted by Crippen LogP contribution is -2.57. The molecule has 0 unspecified atom stereocenters. The second-order valence-electron chi connectivity index (χ2n) is 9.68. The number of carbonyl (C=O) groups is 4. The zero-order valence-corrected chi connectivity index (χ0v) is 23.0. The lowest BCUT2D eigenvalue weighted by Gasteiger charge is -2.35. The summed E-state index contributed by atoms with van der Waals surface area (Å²) < 4.78 is 1.73. The summed E-state index contributed by atoms with van der Waals surface area (Å²) in [5.41, 5.74) is 1.34. The lowest BCUT2D eigenvalue weighted by molar-refractivity contribution is -0.139. The molecule has 10 nitrogen and oxygen atoms in total. The maximum absolute atomic E-state index is 13.8. The number of benzene rings is 3. The molecule has 3 amide bonds. The summed E-state index contributed by atoms with van der Waals surface area (Å²) in [4.78, 5) is 55.1. The van der Waals surface area contributed by atoms with E-state index in [9.17, 15) is 24.3 Å². The van der Waals surface area contributed by atoms with Crippen molar-refractivity contribution in [3.8, 4) is 16.9 Å². The highest BCUT2D eigenvalue weighted by Crippen LogP contribution is 2.44. The van der Waals surface area contributed by atoms with Crippen molar-refractivity contribution in [2.24, 2.45) is 0 Å². The summed E-state index contributed by atoms with van der Waals surface area (Å²) in [6.07, 6.45) is 2.20. The predicted octanol–water partition coefficient (Wildman–Crippen LogP) is 4.20. The molecular weight excluding hydrogens is 546 g/mol. The Kier molecular flexibility index (Phi) is 7.34. The number of carboxylic acid groups (broad SMARTS) is 1. The van der Waals surface area contributed by atoms with Gasteiger partial charge in [-0.1, -0.05) is 60.1 Å². The van der Waals surface area contributed by atoms with Crippen LogP contribution >= 0.6 is 11.6 Å². The first-order valence-electron chi connectivity index (χ1n) is 12.7. The Balaban J connectivity index is 1.50. The highest BCUT2D eigenvalue weighted by molar-refractivity contribution is 6.31. The molecule has 0 bridgehead atoms. The van der Waals surface area contributed by atoms with Crippen molar-refractivity contribution in [1.29, 1.82) is 0 Å². The molecule has 11 heteroatoms. The van der Waals surface area contributed by atoms with E-state index in [4.69, 9.17) is 16.7 Å². The molecule has 1 atom stereocenters. The van der Waals surface area contributed by atoms with Crippen LogP contribution in [0.4, 0.5) is 10.5 Å². The minimum Gasteiger partial charge on any atom is -0.480 e. The number of aromatic nitrogens is 2. The van der Waals surface area contributed by atoms with Gasteiger partial charge in [0.2, 0.25) is 5.54 Å². The summed E-state index contributed by atoms with van der Waals surface area (Å²) in [7, 11) is 2.89. The smallest absolute Gasteiger partial charge is 0.323 e. The highest BCUT2D eigenvalue weighted by Gasteiger charge is 2.56. The monoisotopic (exact) mass is 571 g/mol. The Bertz CT molecular complexity index is 1640. The number of hydrogen-bond acceptors (Lipinski definition) is 5. The maximum Gasteiger partial charge on any atom is 0.323 e. The minimum absolute atomic E-state index is 0.102. The molecule has 4 aromatic rings. The number of nitrogens with zero attached hydrogens (tertiary/aromatic N) is 5. The number of anilines is 1. The second-order valence-corrected chi connectivity index (χ2v) is 10.1. The Morgan fingerprint density at radius 1 is 1.02 bits per heavy atom. The first-order chi connectivity index (χ1) is 19.7. The first-order valence-corrected chi connectivity index (χ1v) is 13.0. The summed E-state index contributed by atoms with van der Waals surface area (Å²) in [6.45, 7) is -0.579.